The van der Waals surface area contributed by atoms with Crippen molar-refractivity contribution in [1.29, 1.82) is 0 Å². The molecule has 0 aromatic rings. The molecule has 0 saturated carbocycles. The molecule has 0 aliphatic heterocycles. The van der Waals surface area contributed by atoms with Crippen LogP contribution in [0, 0.1) is 0 Å². The summed E-state index contributed by atoms with van der Waals surface area (Å²) in [5.41, 5.74) is 0.688. The predicted octanol–water partition coefficient (Wildman–Crippen LogP) is 4.14. The first kappa shape index (κ1) is 22.3. The van der Waals surface area contributed by atoms with Crippen molar-refractivity contribution in [2.45, 2.75) is 90.1 Å². The number of allylic oxidation sites excluding steroid dienone is 4. The van der Waals surface area contributed by atoms with E-state index in [-0.39, 0.29) is 24.4 Å². The molecule has 1 rings (SSSR count). The second-order valence-corrected chi connectivity index (χ2v) is 7.44. The summed E-state index contributed by atoms with van der Waals surface area (Å²) in [7, 11) is 0. The molecular formula is C21H32O5. The van der Waals surface area contributed by atoms with Gasteiger partial charge in [0, 0.05) is 24.8 Å². The Kier molecular flexibility index (Phi) is 9.49. The van der Waals surface area contributed by atoms with Crippen molar-refractivity contribution in [2.75, 3.05) is 0 Å². The summed E-state index contributed by atoms with van der Waals surface area (Å²) in [6.07, 6.45) is 9.93. The van der Waals surface area contributed by atoms with Gasteiger partial charge in [0.05, 0.1) is 5.60 Å². The molecule has 0 aromatic heterocycles. The molecule has 1 aliphatic carbocycles. The second-order valence-electron chi connectivity index (χ2n) is 7.44. The number of carboxylic acid groups (broad SMARTS) is 1. The van der Waals surface area contributed by atoms with E-state index in [0.717, 1.165) is 24.8 Å². The van der Waals surface area contributed by atoms with Crippen LogP contribution in [0.5, 0.6) is 0 Å². The van der Waals surface area contributed by atoms with Crippen LogP contribution in [-0.4, -0.2) is 33.3 Å². The third kappa shape index (κ3) is 8.56. The number of carbonyl (C=O) groups is 3. The van der Waals surface area contributed by atoms with Gasteiger partial charge in [-0.1, -0.05) is 25.3 Å². The Bertz CT molecular complexity index is 569. The normalized spacial score (nSPS) is 17.1. The van der Waals surface area contributed by atoms with E-state index in [2.05, 4.69) is 6.92 Å². The molecule has 0 heterocycles. The average molecular weight is 364 g/mol. The van der Waals surface area contributed by atoms with Crippen molar-refractivity contribution in [3.05, 3.63) is 23.3 Å². The number of unbranched alkanes of at least 4 members (excludes halogenated alkanes) is 2. The number of aliphatic carboxylic acids is 1. The molecule has 0 bridgehead atoms. The van der Waals surface area contributed by atoms with Crippen molar-refractivity contribution in [3.8, 4) is 0 Å². The molecule has 0 fully saturated rings. The summed E-state index contributed by atoms with van der Waals surface area (Å²) >= 11 is 0. The maximum Gasteiger partial charge on any atom is 0.303 e. The first-order valence-electron chi connectivity index (χ1n) is 9.65. The van der Waals surface area contributed by atoms with Gasteiger partial charge in [0.25, 0.3) is 0 Å². The van der Waals surface area contributed by atoms with E-state index in [4.69, 9.17) is 5.11 Å². The van der Waals surface area contributed by atoms with Crippen molar-refractivity contribution in [3.63, 3.8) is 0 Å². The molecule has 1 atom stereocenters. The van der Waals surface area contributed by atoms with Crippen molar-refractivity contribution < 1.29 is 24.6 Å². The summed E-state index contributed by atoms with van der Waals surface area (Å²) in [6, 6.07) is 0. The van der Waals surface area contributed by atoms with Gasteiger partial charge in [-0.2, -0.15) is 0 Å². The van der Waals surface area contributed by atoms with Gasteiger partial charge in [-0.25, -0.2) is 0 Å². The highest BCUT2D eigenvalue weighted by atomic mass is 16.4. The first-order chi connectivity index (χ1) is 12.2. The summed E-state index contributed by atoms with van der Waals surface area (Å²) in [4.78, 5) is 34.5. The van der Waals surface area contributed by atoms with Crippen LogP contribution in [0.2, 0.25) is 0 Å². The molecule has 1 aliphatic rings. The van der Waals surface area contributed by atoms with Crippen LogP contribution in [0.1, 0.15) is 84.5 Å². The third-order valence-electron chi connectivity index (χ3n) is 4.87. The van der Waals surface area contributed by atoms with Gasteiger partial charge in [0.15, 0.2) is 11.6 Å². The number of hydrogen-bond donors (Lipinski definition) is 2. The fourth-order valence-electron chi connectivity index (χ4n) is 3.19. The van der Waals surface area contributed by atoms with Crippen molar-refractivity contribution in [1.82, 2.24) is 0 Å². The highest BCUT2D eigenvalue weighted by molar-refractivity contribution is 6.03. The van der Waals surface area contributed by atoms with Crippen LogP contribution in [0.15, 0.2) is 23.3 Å². The van der Waals surface area contributed by atoms with Gasteiger partial charge in [0.2, 0.25) is 0 Å². The van der Waals surface area contributed by atoms with E-state index in [1.807, 2.05) is 0 Å². The Morgan fingerprint density at radius 3 is 2.50 bits per heavy atom. The number of aliphatic hydroxyl groups is 1. The molecule has 0 amide bonds. The zero-order valence-corrected chi connectivity index (χ0v) is 16.1. The quantitative estimate of drug-likeness (QED) is 0.378. The highest BCUT2D eigenvalue weighted by Crippen LogP contribution is 2.30. The van der Waals surface area contributed by atoms with Gasteiger partial charge in [-0.05, 0) is 57.6 Å². The smallest absolute Gasteiger partial charge is 0.303 e. The van der Waals surface area contributed by atoms with Crippen LogP contribution in [-0.2, 0) is 14.4 Å². The monoisotopic (exact) mass is 364 g/mol. The van der Waals surface area contributed by atoms with Crippen LogP contribution < -0.4 is 0 Å². The van der Waals surface area contributed by atoms with Crippen LogP contribution >= 0.6 is 0 Å². The van der Waals surface area contributed by atoms with Gasteiger partial charge < -0.3 is 10.2 Å². The minimum Gasteiger partial charge on any atom is -0.481 e. The Labute approximate surface area is 156 Å². The van der Waals surface area contributed by atoms with Gasteiger partial charge in [0.1, 0.15) is 0 Å². The summed E-state index contributed by atoms with van der Waals surface area (Å²) < 4.78 is 0. The van der Waals surface area contributed by atoms with Crippen LogP contribution in [0.25, 0.3) is 0 Å². The number of carboxylic acids is 1. The number of rotatable bonds is 13. The van der Waals surface area contributed by atoms with E-state index in [9.17, 15) is 19.5 Å². The number of ketones is 2. The Balaban J connectivity index is 2.55. The Morgan fingerprint density at radius 2 is 1.85 bits per heavy atom. The van der Waals surface area contributed by atoms with Gasteiger partial charge in [-0.3, -0.25) is 14.4 Å². The lowest BCUT2D eigenvalue weighted by Crippen LogP contribution is -2.25. The fourth-order valence-corrected chi connectivity index (χ4v) is 3.19. The molecular weight excluding hydrogens is 332 g/mol. The SMILES string of the molecule is CCCCCC(=O)/C=C/C1=C(CCCC(C)(O)CCC(=O)O)CCC1=O. The van der Waals surface area contributed by atoms with Gasteiger partial charge >= 0.3 is 5.97 Å². The molecule has 0 aromatic carbocycles. The average Bonchev–Trinajstić information content (AvgIpc) is 2.91. The second kappa shape index (κ2) is 11.1. The zero-order chi connectivity index (χ0) is 19.6. The molecule has 0 saturated heterocycles. The minimum atomic E-state index is -1.01. The van der Waals surface area contributed by atoms with E-state index in [0.29, 0.717) is 44.1 Å². The molecule has 5 nitrogen and oxygen atoms in total. The highest BCUT2D eigenvalue weighted by Gasteiger charge is 2.24. The molecule has 5 heteroatoms. The van der Waals surface area contributed by atoms with Crippen LogP contribution in [0.4, 0.5) is 0 Å². The standard InChI is InChI=1S/C21H32O5/c1-3-4-5-8-17(22)10-11-18-16(9-12-19(18)23)7-6-14-21(2,26)15-13-20(24)25/h10-11,26H,3-9,12-15H2,1-2H3,(H,24,25)/b11-10+. The number of hydrogen-bond acceptors (Lipinski definition) is 4. The van der Waals surface area contributed by atoms with E-state index in [1.54, 1.807) is 13.0 Å². The maximum atomic E-state index is 12.1. The lowest BCUT2D eigenvalue weighted by atomic mass is 9.92. The number of Topliss-reactive ketones (excluding diaryl/α,β-unsaturated/α-hetero) is 1. The third-order valence-corrected chi connectivity index (χ3v) is 4.87. The van der Waals surface area contributed by atoms with Gasteiger partial charge in [-0.15, -0.1) is 0 Å². The summed E-state index contributed by atoms with van der Waals surface area (Å²) in [6.45, 7) is 3.74. The minimum absolute atomic E-state index is 0.0533. The first-order valence-corrected chi connectivity index (χ1v) is 9.65. The summed E-state index contributed by atoms with van der Waals surface area (Å²) in [5, 5.41) is 18.9. The van der Waals surface area contributed by atoms with E-state index in [1.165, 1.54) is 6.08 Å². The van der Waals surface area contributed by atoms with E-state index >= 15 is 0 Å². The largest absolute Gasteiger partial charge is 0.481 e. The topological polar surface area (TPSA) is 91.7 Å². The van der Waals surface area contributed by atoms with Crippen molar-refractivity contribution in [2.24, 2.45) is 0 Å². The lowest BCUT2D eigenvalue weighted by molar-refractivity contribution is -0.138. The lowest BCUT2D eigenvalue weighted by Gasteiger charge is -2.22. The number of carbonyl (C=O) groups excluding carboxylic acids is 2. The molecule has 1 unspecified atom stereocenters. The molecule has 0 spiro atoms. The fraction of sp³-hybridized carbons (Fsp3) is 0.667. The molecule has 2 N–H and O–H groups in total. The molecule has 0 radical (unpaired) electrons. The zero-order valence-electron chi connectivity index (χ0n) is 16.1. The predicted molar refractivity (Wildman–Crippen MR) is 101 cm³/mol. The maximum absolute atomic E-state index is 12.1. The van der Waals surface area contributed by atoms with E-state index < -0.39 is 11.6 Å². The Hall–Kier alpha value is -1.75. The Morgan fingerprint density at radius 1 is 1.12 bits per heavy atom. The van der Waals surface area contributed by atoms with Crippen LogP contribution in [0.3, 0.4) is 0 Å². The molecule has 26 heavy (non-hydrogen) atoms. The van der Waals surface area contributed by atoms with Crippen molar-refractivity contribution >= 4 is 17.5 Å². The summed E-state index contributed by atoms with van der Waals surface area (Å²) in [5.74, 6) is -0.776. The molecule has 146 valence electrons.